The van der Waals surface area contributed by atoms with Gasteiger partial charge < -0.3 is 39.4 Å². The van der Waals surface area contributed by atoms with Crippen molar-refractivity contribution in [1.29, 1.82) is 0 Å². The van der Waals surface area contributed by atoms with Gasteiger partial charge in [0.2, 0.25) is 0 Å². The van der Waals surface area contributed by atoms with Crippen molar-refractivity contribution in [2.75, 3.05) is 72.2 Å². The van der Waals surface area contributed by atoms with E-state index in [4.69, 9.17) is 0 Å². The average molecular weight is 893 g/mol. The number of aromatic nitrogens is 3. The van der Waals surface area contributed by atoms with Crippen molar-refractivity contribution in [3.05, 3.63) is 80.1 Å². The smallest absolute Gasteiger partial charge is 0.0948 e. The third-order valence-electron chi connectivity index (χ3n) is 11.6. The Morgan fingerprint density at radius 1 is 0.484 bits per heavy atom. The fourth-order valence-corrected chi connectivity index (χ4v) is 6.84. The largest absolute Gasteiger partial charge is 0.375 e. The molecule has 2 aromatic heterocycles. The average Bonchev–Trinajstić information content (AvgIpc) is 4.12. The zero-order valence-electron chi connectivity index (χ0n) is 44.1. The highest BCUT2D eigenvalue weighted by Crippen LogP contribution is 2.10. The summed E-state index contributed by atoms with van der Waals surface area (Å²) in [5.74, 6) is 0. The molecule has 368 valence electrons. The van der Waals surface area contributed by atoms with Crippen molar-refractivity contribution in [1.82, 2.24) is 54.2 Å². The van der Waals surface area contributed by atoms with Gasteiger partial charge in [-0.2, -0.15) is 0 Å². The van der Waals surface area contributed by atoms with E-state index in [0.717, 1.165) is 52.1 Å². The van der Waals surface area contributed by atoms with E-state index in [-0.39, 0.29) is 0 Å². The van der Waals surface area contributed by atoms with E-state index >= 15 is 0 Å². The lowest BCUT2D eigenvalue weighted by Gasteiger charge is -2.19. The molecule has 12 heteroatoms. The second-order valence-corrected chi connectivity index (χ2v) is 19.4. The highest BCUT2D eigenvalue weighted by molar-refractivity contribution is 5.57. The lowest BCUT2D eigenvalue weighted by atomic mass is 10.3. The van der Waals surface area contributed by atoms with E-state index in [0.29, 0.717) is 42.3 Å². The lowest BCUT2D eigenvalue weighted by molar-refractivity contribution is 0.273. The summed E-state index contributed by atoms with van der Waals surface area (Å²) >= 11 is 0. The zero-order valence-corrected chi connectivity index (χ0v) is 44.1. The van der Waals surface area contributed by atoms with Crippen LogP contribution < -0.4 is 10.6 Å². The molecule has 0 spiro atoms. The summed E-state index contributed by atoms with van der Waals surface area (Å²) in [6, 6.07) is 9.37. The topological polar surface area (TPSA) is 78.6 Å². The van der Waals surface area contributed by atoms with Crippen LogP contribution >= 0.6 is 0 Å². The quantitative estimate of drug-likeness (QED) is 0.252. The molecule has 0 aromatic carbocycles. The highest BCUT2D eigenvalue weighted by Gasteiger charge is 2.14. The number of hydrogen-bond donors (Lipinski definition) is 2. The van der Waals surface area contributed by atoms with E-state index in [9.17, 15) is 0 Å². The summed E-state index contributed by atoms with van der Waals surface area (Å²) < 4.78 is 4.22. The number of nitrogens with one attached hydrogen (secondary N) is 2. The fourth-order valence-electron chi connectivity index (χ4n) is 6.84. The summed E-state index contributed by atoms with van der Waals surface area (Å²) in [5, 5.41) is 6.38. The minimum Gasteiger partial charge on any atom is -0.375 e. The molecule has 8 heterocycles. The summed E-state index contributed by atoms with van der Waals surface area (Å²) in [6.45, 7) is 47.9. The molecule has 0 aliphatic carbocycles. The molecule has 0 radical (unpaired) electrons. The molecule has 2 fully saturated rings. The van der Waals surface area contributed by atoms with E-state index in [1.807, 2.05) is 37.2 Å². The predicted octanol–water partition coefficient (Wildman–Crippen LogP) is 9.63. The van der Waals surface area contributed by atoms with Gasteiger partial charge in [0.15, 0.2) is 0 Å². The van der Waals surface area contributed by atoms with Crippen LogP contribution in [0.2, 0.25) is 0 Å². The van der Waals surface area contributed by atoms with Crippen molar-refractivity contribution in [2.45, 2.75) is 178 Å². The van der Waals surface area contributed by atoms with Gasteiger partial charge in [-0.05, 0) is 161 Å². The molecular formula is C52H100N12. The van der Waals surface area contributed by atoms with Gasteiger partial charge in [0.05, 0.1) is 25.9 Å². The van der Waals surface area contributed by atoms with Crippen molar-refractivity contribution >= 4 is 6.34 Å². The van der Waals surface area contributed by atoms with Crippen molar-refractivity contribution in [2.24, 2.45) is 4.99 Å². The van der Waals surface area contributed by atoms with Gasteiger partial charge in [0.25, 0.3) is 0 Å². The number of likely N-dealkylation sites (tertiary alicyclic amines) is 1. The third-order valence-corrected chi connectivity index (χ3v) is 11.6. The minimum absolute atomic E-state index is 0.539. The first-order valence-electron chi connectivity index (χ1n) is 25.0. The first-order valence-corrected chi connectivity index (χ1v) is 25.0. The van der Waals surface area contributed by atoms with Crippen LogP contribution in [0.4, 0.5) is 0 Å². The number of nitrogens with zero attached hydrogens (tertiary/aromatic N) is 10. The van der Waals surface area contributed by atoms with Crippen LogP contribution in [0.1, 0.15) is 142 Å². The molecule has 0 bridgehead atoms. The standard InChI is InChI=1S/C7H15N.2C7H13N.C7H11N.C6H14N2.2C6H12N2.C6H10N2/c4*1-7(2)8-5-3-4-6-8;4*1-6(2)8-4-3-7-5-8/h7H,3-6H2,1-2H3;3,5,7H,4,6H2,1-2H3;3-4,7H,5-6H2,1-2H3;3-7H,1-2H3;6-7H,3-5H2,1-2H3;5-6H,3-4H2,1-2H3;3-4,6-7H,5H2,1-2H3;3-6H,1-2H3. The molecule has 8 rings (SSSR count). The Balaban J connectivity index is 0.000000366. The highest BCUT2D eigenvalue weighted by atomic mass is 15.3. The van der Waals surface area contributed by atoms with Gasteiger partial charge in [-0.3, -0.25) is 14.8 Å². The Morgan fingerprint density at radius 3 is 1.31 bits per heavy atom. The monoisotopic (exact) mass is 893 g/mol. The first kappa shape index (κ1) is 58.4. The predicted molar refractivity (Wildman–Crippen MR) is 279 cm³/mol. The molecule has 6 aliphatic rings. The number of rotatable bonds is 8. The van der Waals surface area contributed by atoms with Gasteiger partial charge in [-0.25, -0.2) is 4.98 Å². The molecule has 0 saturated carbocycles. The summed E-state index contributed by atoms with van der Waals surface area (Å²) in [5.41, 5.74) is 0. The van der Waals surface area contributed by atoms with E-state index in [1.165, 1.54) is 45.4 Å². The Kier molecular flexibility index (Phi) is 31.7. The van der Waals surface area contributed by atoms with E-state index in [1.54, 1.807) is 6.20 Å². The van der Waals surface area contributed by atoms with Crippen molar-refractivity contribution < 1.29 is 0 Å². The summed E-state index contributed by atoms with van der Waals surface area (Å²) in [6.07, 6.45) is 28.6. The number of aliphatic imine (C=N–C) groups is 1. The van der Waals surface area contributed by atoms with Gasteiger partial charge in [-0.15, -0.1) is 0 Å². The fraction of sp³-hybridized carbons (Fsp3) is 0.731. The Hall–Kier alpha value is -3.58. The molecular weight excluding hydrogens is 793 g/mol. The third kappa shape index (κ3) is 27.0. The van der Waals surface area contributed by atoms with Crippen LogP contribution in [-0.4, -0.2) is 158 Å². The molecule has 0 unspecified atom stereocenters. The Labute approximate surface area is 394 Å². The van der Waals surface area contributed by atoms with Crippen LogP contribution in [0.15, 0.2) is 85.1 Å². The van der Waals surface area contributed by atoms with Crippen molar-refractivity contribution in [3.63, 3.8) is 0 Å². The molecule has 6 aliphatic heterocycles. The number of imidazole rings is 1. The molecule has 2 N–H and O–H groups in total. The maximum atomic E-state index is 4.09. The second-order valence-electron chi connectivity index (χ2n) is 19.4. The molecule has 0 atom stereocenters. The van der Waals surface area contributed by atoms with Gasteiger partial charge in [0.1, 0.15) is 0 Å². The molecule has 64 heavy (non-hydrogen) atoms. The minimum atomic E-state index is 0.539. The molecule has 12 nitrogen and oxygen atoms in total. The maximum Gasteiger partial charge on any atom is 0.0948 e. The number of hydrogen-bond acceptors (Lipinski definition) is 10. The SMILES string of the molecule is CC(C)N1C=CCC1.CC(C)N1C=CNC1.CC(C)N1C=NCC1.CC(C)N1CC=CC1.CC(C)N1CCCC1.CC(C)N1CCNC1.CC(C)n1cccc1.CC(C)n1ccnc1. The van der Waals surface area contributed by atoms with E-state index < -0.39 is 0 Å². The zero-order chi connectivity index (χ0) is 47.9. The Bertz CT molecular complexity index is 1310. The van der Waals surface area contributed by atoms with Crippen LogP contribution in [0, 0.1) is 0 Å². The second kappa shape index (κ2) is 34.7. The van der Waals surface area contributed by atoms with E-state index in [2.05, 4.69) is 213 Å². The van der Waals surface area contributed by atoms with Gasteiger partial charge >= 0.3 is 0 Å². The first-order chi connectivity index (χ1) is 30.4. The maximum absolute atomic E-state index is 4.09. The summed E-state index contributed by atoms with van der Waals surface area (Å²) in [7, 11) is 0. The summed E-state index contributed by atoms with van der Waals surface area (Å²) in [4.78, 5) is 22.2. The Morgan fingerprint density at radius 2 is 1.06 bits per heavy atom. The van der Waals surface area contributed by atoms with Crippen LogP contribution in [0.3, 0.4) is 0 Å². The van der Waals surface area contributed by atoms with Crippen molar-refractivity contribution in [3.8, 4) is 0 Å². The lowest BCUT2D eigenvalue weighted by Crippen LogP contribution is -2.29. The molecule has 0 amide bonds. The normalized spacial score (nSPS) is 17.8. The van der Waals surface area contributed by atoms with Crippen LogP contribution in [-0.2, 0) is 0 Å². The van der Waals surface area contributed by atoms with Gasteiger partial charge in [-0.1, -0.05) is 18.2 Å². The van der Waals surface area contributed by atoms with Crippen LogP contribution in [0.5, 0.6) is 0 Å². The van der Waals surface area contributed by atoms with Crippen LogP contribution in [0.25, 0.3) is 0 Å². The van der Waals surface area contributed by atoms with Gasteiger partial charge in [0, 0.05) is 131 Å². The molecule has 2 saturated heterocycles. The molecule has 2 aromatic rings.